The van der Waals surface area contributed by atoms with Crippen LogP contribution in [-0.4, -0.2) is 23.1 Å². The zero-order valence-corrected chi connectivity index (χ0v) is 9.32. The van der Waals surface area contributed by atoms with Crippen LogP contribution in [0.2, 0.25) is 0 Å². The second-order valence-electron chi connectivity index (χ2n) is 3.59. The summed E-state index contributed by atoms with van der Waals surface area (Å²) in [6.07, 6.45) is 0. The Hall–Kier alpha value is -0.980. The van der Waals surface area contributed by atoms with Gasteiger partial charge in [-0.1, -0.05) is 15.9 Å². The van der Waals surface area contributed by atoms with E-state index in [1.807, 2.05) is 0 Å². The summed E-state index contributed by atoms with van der Waals surface area (Å²) in [6, 6.07) is 4.53. The molecular weight excluding hydrogens is 264 g/mol. The lowest BCUT2D eigenvalue weighted by molar-refractivity contribution is -0.385. The summed E-state index contributed by atoms with van der Waals surface area (Å²) in [5, 5.41) is 23.6. The molecule has 5 nitrogen and oxygen atoms in total. The van der Waals surface area contributed by atoms with Crippen molar-refractivity contribution < 1.29 is 10.0 Å². The van der Waals surface area contributed by atoms with Crippen LogP contribution in [0.4, 0.5) is 5.69 Å². The number of aliphatic hydroxyl groups is 1. The Balaban J connectivity index is 2.44. The highest BCUT2D eigenvalue weighted by Gasteiger charge is 2.37. The van der Waals surface area contributed by atoms with E-state index in [0.29, 0.717) is 23.1 Å². The van der Waals surface area contributed by atoms with Crippen LogP contribution in [0.5, 0.6) is 0 Å². The third-order valence-electron chi connectivity index (χ3n) is 2.47. The molecule has 0 spiro atoms. The number of nitrogens with one attached hydrogen (secondary N) is 1. The van der Waals surface area contributed by atoms with E-state index >= 15 is 0 Å². The van der Waals surface area contributed by atoms with Gasteiger partial charge in [-0.05, 0) is 11.6 Å². The SMILES string of the molecule is O=[N+]([O-])c1cc(Br)cc(C2(O)CNC2)c1. The number of non-ortho nitro benzene ring substituents is 1. The van der Waals surface area contributed by atoms with Gasteiger partial charge >= 0.3 is 0 Å². The number of hydrogen-bond donors (Lipinski definition) is 2. The Labute approximate surface area is 94.4 Å². The minimum atomic E-state index is -0.964. The molecule has 15 heavy (non-hydrogen) atoms. The summed E-state index contributed by atoms with van der Waals surface area (Å²) < 4.78 is 0.604. The maximum atomic E-state index is 10.6. The molecule has 0 radical (unpaired) electrons. The maximum Gasteiger partial charge on any atom is 0.270 e. The molecule has 6 heteroatoms. The third-order valence-corrected chi connectivity index (χ3v) is 2.92. The fraction of sp³-hybridized carbons (Fsp3) is 0.333. The molecule has 1 aliphatic heterocycles. The van der Waals surface area contributed by atoms with Crippen molar-refractivity contribution in [3.05, 3.63) is 38.3 Å². The highest BCUT2D eigenvalue weighted by Crippen LogP contribution is 2.31. The smallest absolute Gasteiger partial charge is 0.270 e. The number of nitrogens with zero attached hydrogens (tertiary/aromatic N) is 1. The number of rotatable bonds is 2. The number of nitro benzene ring substituents is 1. The third kappa shape index (κ3) is 1.88. The number of benzene rings is 1. The molecule has 1 aromatic rings. The molecule has 0 aliphatic carbocycles. The maximum absolute atomic E-state index is 10.6. The van der Waals surface area contributed by atoms with E-state index in [-0.39, 0.29) is 5.69 Å². The van der Waals surface area contributed by atoms with E-state index in [2.05, 4.69) is 21.2 Å². The van der Waals surface area contributed by atoms with Crippen molar-refractivity contribution in [2.24, 2.45) is 0 Å². The van der Waals surface area contributed by atoms with E-state index < -0.39 is 10.5 Å². The van der Waals surface area contributed by atoms with Gasteiger partial charge in [0.25, 0.3) is 5.69 Å². The van der Waals surface area contributed by atoms with Crippen molar-refractivity contribution in [1.29, 1.82) is 0 Å². The first-order valence-electron chi connectivity index (χ1n) is 4.40. The Morgan fingerprint density at radius 1 is 1.47 bits per heavy atom. The van der Waals surface area contributed by atoms with Crippen molar-refractivity contribution in [2.45, 2.75) is 5.60 Å². The van der Waals surface area contributed by atoms with Crippen LogP contribution in [0.1, 0.15) is 5.56 Å². The highest BCUT2D eigenvalue weighted by atomic mass is 79.9. The van der Waals surface area contributed by atoms with Crippen LogP contribution >= 0.6 is 15.9 Å². The lowest BCUT2D eigenvalue weighted by Gasteiger charge is -2.37. The molecule has 2 N–H and O–H groups in total. The summed E-state index contributed by atoms with van der Waals surface area (Å²) in [5.41, 5.74) is -0.406. The molecule has 0 saturated carbocycles. The van der Waals surface area contributed by atoms with Gasteiger partial charge in [0.15, 0.2) is 0 Å². The summed E-state index contributed by atoms with van der Waals surface area (Å²) in [5.74, 6) is 0. The number of nitro groups is 1. The minimum Gasteiger partial charge on any atom is -0.382 e. The zero-order chi connectivity index (χ0) is 11.1. The first-order chi connectivity index (χ1) is 7.01. The monoisotopic (exact) mass is 272 g/mol. The molecule has 1 saturated heterocycles. The van der Waals surface area contributed by atoms with Gasteiger partial charge in [-0.3, -0.25) is 10.1 Å². The minimum absolute atomic E-state index is 0.0142. The lowest BCUT2D eigenvalue weighted by atomic mass is 9.88. The molecule has 1 fully saturated rings. The van der Waals surface area contributed by atoms with E-state index in [9.17, 15) is 15.2 Å². The van der Waals surface area contributed by atoms with Crippen LogP contribution in [0.15, 0.2) is 22.7 Å². The van der Waals surface area contributed by atoms with Crippen LogP contribution < -0.4 is 5.32 Å². The number of hydrogen-bond acceptors (Lipinski definition) is 4. The van der Waals surface area contributed by atoms with Gasteiger partial charge in [0.1, 0.15) is 5.60 Å². The molecule has 1 aliphatic rings. The first kappa shape index (κ1) is 10.5. The molecule has 0 aromatic heterocycles. The summed E-state index contributed by atoms with van der Waals surface area (Å²) in [4.78, 5) is 10.2. The zero-order valence-electron chi connectivity index (χ0n) is 7.74. The van der Waals surface area contributed by atoms with Crippen LogP contribution in [0, 0.1) is 10.1 Å². The van der Waals surface area contributed by atoms with E-state index in [0.717, 1.165) is 0 Å². The molecule has 0 bridgehead atoms. The molecule has 0 unspecified atom stereocenters. The van der Waals surface area contributed by atoms with Gasteiger partial charge < -0.3 is 10.4 Å². The Morgan fingerprint density at radius 3 is 2.60 bits per heavy atom. The van der Waals surface area contributed by atoms with Gasteiger partial charge in [0, 0.05) is 29.7 Å². The second-order valence-corrected chi connectivity index (χ2v) is 4.51. The van der Waals surface area contributed by atoms with E-state index in [1.54, 1.807) is 6.07 Å². The average Bonchev–Trinajstić information content (AvgIpc) is 2.13. The first-order valence-corrected chi connectivity index (χ1v) is 5.19. The average molecular weight is 273 g/mol. The fourth-order valence-corrected chi connectivity index (χ4v) is 2.00. The molecule has 0 amide bonds. The van der Waals surface area contributed by atoms with Crippen molar-refractivity contribution >= 4 is 21.6 Å². The number of halogens is 1. The predicted octanol–water partition coefficient (Wildman–Crippen LogP) is 1.15. The Kier molecular flexibility index (Phi) is 2.49. The van der Waals surface area contributed by atoms with Crippen LogP contribution in [0.3, 0.4) is 0 Å². The molecule has 1 aromatic carbocycles. The molecule has 2 rings (SSSR count). The van der Waals surface area contributed by atoms with Crippen molar-refractivity contribution in [3.63, 3.8) is 0 Å². The molecule has 1 heterocycles. The quantitative estimate of drug-likeness (QED) is 0.626. The fourth-order valence-electron chi connectivity index (χ4n) is 1.51. The van der Waals surface area contributed by atoms with E-state index in [1.165, 1.54) is 12.1 Å². The van der Waals surface area contributed by atoms with Gasteiger partial charge in [0.2, 0.25) is 0 Å². The standard InChI is InChI=1S/C9H9BrN2O3/c10-7-1-6(9(13)4-11-5-9)2-8(3-7)12(14)15/h1-3,11,13H,4-5H2. The van der Waals surface area contributed by atoms with Crippen molar-refractivity contribution in [3.8, 4) is 0 Å². The van der Waals surface area contributed by atoms with Gasteiger partial charge in [-0.2, -0.15) is 0 Å². The van der Waals surface area contributed by atoms with Gasteiger partial charge in [0.05, 0.1) is 4.92 Å². The molecular formula is C9H9BrN2O3. The van der Waals surface area contributed by atoms with Crippen LogP contribution in [0.25, 0.3) is 0 Å². The number of β-amino-alcohol motifs (C(OH)–C–C–N with tert-alkyl or cyclic N) is 1. The van der Waals surface area contributed by atoms with Gasteiger partial charge in [-0.25, -0.2) is 0 Å². The van der Waals surface area contributed by atoms with Gasteiger partial charge in [-0.15, -0.1) is 0 Å². The topological polar surface area (TPSA) is 75.4 Å². The second kappa shape index (κ2) is 3.55. The summed E-state index contributed by atoms with van der Waals surface area (Å²) in [7, 11) is 0. The Morgan fingerprint density at radius 2 is 2.13 bits per heavy atom. The highest BCUT2D eigenvalue weighted by molar-refractivity contribution is 9.10. The predicted molar refractivity (Wildman–Crippen MR) is 57.6 cm³/mol. The summed E-state index contributed by atoms with van der Waals surface area (Å²) in [6.45, 7) is 0.862. The van der Waals surface area contributed by atoms with Crippen molar-refractivity contribution in [2.75, 3.05) is 13.1 Å². The van der Waals surface area contributed by atoms with Crippen molar-refractivity contribution in [1.82, 2.24) is 5.32 Å². The Bertz CT molecular complexity index is 418. The normalized spacial score (nSPS) is 18.3. The molecule has 0 atom stereocenters. The lowest BCUT2D eigenvalue weighted by Crippen LogP contribution is -2.56. The van der Waals surface area contributed by atoms with E-state index in [4.69, 9.17) is 0 Å². The largest absolute Gasteiger partial charge is 0.382 e. The van der Waals surface area contributed by atoms with Crippen LogP contribution in [-0.2, 0) is 5.60 Å². The summed E-state index contributed by atoms with van der Waals surface area (Å²) >= 11 is 3.19. The molecule has 80 valence electrons.